The lowest BCUT2D eigenvalue weighted by Gasteiger charge is -2.07. The fraction of sp³-hybridized carbons (Fsp3) is 0.0833. The van der Waals surface area contributed by atoms with Crippen LogP contribution in [0, 0.1) is 0 Å². The first-order valence-electron chi connectivity index (χ1n) is 5.32. The number of carbonyl (C=O) groups is 1. The monoisotopic (exact) mass is 262 g/mol. The second-order valence-corrected chi connectivity index (χ2v) is 5.93. The molecule has 1 aliphatic heterocycles. The summed E-state index contributed by atoms with van der Waals surface area (Å²) in [7, 11) is -2.07. The molecular formula is C12H10N2O3S. The Kier molecular flexibility index (Phi) is 2.12. The van der Waals surface area contributed by atoms with E-state index < -0.39 is 15.7 Å². The Balaban J connectivity index is 2.45. The lowest BCUT2D eigenvalue weighted by atomic mass is 10.3. The molecule has 3 rings (SSSR count). The molecule has 1 aromatic heterocycles. The van der Waals surface area contributed by atoms with Gasteiger partial charge < -0.3 is 9.88 Å². The lowest BCUT2D eigenvalue weighted by molar-refractivity contribution is 0.102. The van der Waals surface area contributed by atoms with E-state index in [1.54, 1.807) is 31.4 Å². The summed E-state index contributed by atoms with van der Waals surface area (Å²) in [6, 6.07) is 7.90. The highest BCUT2D eigenvalue weighted by Gasteiger charge is 2.33. The minimum atomic E-state index is -3.68. The number of rotatable bonds is 0. The summed E-state index contributed by atoms with van der Waals surface area (Å²) in [4.78, 5) is 12.1. The van der Waals surface area contributed by atoms with E-state index in [0.29, 0.717) is 5.69 Å². The number of aryl methyl sites for hydroxylation is 1. The largest absolute Gasteiger partial charge is 0.341 e. The molecule has 0 aliphatic carbocycles. The molecule has 0 saturated heterocycles. The van der Waals surface area contributed by atoms with Crippen molar-refractivity contribution in [3.63, 3.8) is 0 Å². The number of nitrogens with zero attached hydrogens (tertiary/aromatic N) is 1. The van der Waals surface area contributed by atoms with Crippen LogP contribution in [0.15, 0.2) is 46.5 Å². The standard InChI is InChI=1S/C12H10N2O3S/c1-14-7-6-8-11(15)13-9-4-2-3-5-10(9)18(16,17)12(8)14/h2-7H,1H3,(H,13,15). The molecule has 2 heterocycles. The Bertz CT molecular complexity index is 759. The minimum absolute atomic E-state index is 0.0324. The number of amides is 1. The second-order valence-electron chi connectivity index (χ2n) is 4.10. The van der Waals surface area contributed by atoms with Crippen molar-refractivity contribution in [2.45, 2.75) is 9.92 Å². The molecule has 92 valence electrons. The van der Waals surface area contributed by atoms with Gasteiger partial charge in [-0.1, -0.05) is 12.1 Å². The molecule has 0 saturated carbocycles. The molecular weight excluding hydrogens is 252 g/mol. The van der Waals surface area contributed by atoms with E-state index in [0.717, 1.165) is 0 Å². The van der Waals surface area contributed by atoms with Gasteiger partial charge in [-0.05, 0) is 18.2 Å². The number of benzene rings is 1. The molecule has 1 N–H and O–H groups in total. The predicted octanol–water partition coefficient (Wildman–Crippen LogP) is 1.42. The maximum atomic E-state index is 12.5. The highest BCUT2D eigenvalue weighted by molar-refractivity contribution is 7.91. The number of para-hydroxylation sites is 1. The average molecular weight is 262 g/mol. The van der Waals surface area contributed by atoms with E-state index >= 15 is 0 Å². The Morgan fingerprint density at radius 2 is 1.89 bits per heavy atom. The summed E-state index contributed by atoms with van der Waals surface area (Å²) in [6.07, 6.45) is 1.57. The third-order valence-electron chi connectivity index (χ3n) is 2.94. The van der Waals surface area contributed by atoms with Gasteiger partial charge in [-0.3, -0.25) is 4.79 Å². The fourth-order valence-corrected chi connectivity index (χ4v) is 3.89. The molecule has 6 heteroatoms. The van der Waals surface area contributed by atoms with Crippen LogP contribution in [0.3, 0.4) is 0 Å². The van der Waals surface area contributed by atoms with Crippen LogP contribution in [0.1, 0.15) is 10.4 Å². The molecule has 18 heavy (non-hydrogen) atoms. The highest BCUT2D eigenvalue weighted by Crippen LogP contribution is 2.33. The maximum absolute atomic E-state index is 12.5. The van der Waals surface area contributed by atoms with E-state index in [2.05, 4.69) is 5.32 Å². The molecule has 1 amide bonds. The number of fused-ring (bicyclic) bond motifs is 2. The minimum Gasteiger partial charge on any atom is -0.341 e. The average Bonchev–Trinajstić information content (AvgIpc) is 2.68. The van der Waals surface area contributed by atoms with E-state index in [9.17, 15) is 13.2 Å². The predicted molar refractivity (Wildman–Crippen MR) is 65.3 cm³/mol. The molecule has 1 aliphatic rings. The van der Waals surface area contributed by atoms with Gasteiger partial charge in [-0.15, -0.1) is 0 Å². The van der Waals surface area contributed by atoms with E-state index in [1.807, 2.05) is 0 Å². The van der Waals surface area contributed by atoms with Gasteiger partial charge in [0.1, 0.15) is 0 Å². The fourth-order valence-electron chi connectivity index (χ4n) is 2.12. The topological polar surface area (TPSA) is 68.2 Å². The van der Waals surface area contributed by atoms with Crippen LogP contribution in [0.25, 0.3) is 0 Å². The van der Waals surface area contributed by atoms with Gasteiger partial charge in [0.2, 0.25) is 9.84 Å². The van der Waals surface area contributed by atoms with E-state index in [4.69, 9.17) is 0 Å². The SMILES string of the molecule is Cn1ccc2c1S(=O)(=O)c1ccccc1NC2=O. The van der Waals surface area contributed by atoms with Crippen molar-refractivity contribution in [2.75, 3.05) is 5.32 Å². The molecule has 0 fully saturated rings. The van der Waals surface area contributed by atoms with Crippen LogP contribution in [0.2, 0.25) is 0 Å². The van der Waals surface area contributed by atoms with Crippen LogP contribution < -0.4 is 5.32 Å². The molecule has 0 spiro atoms. The van der Waals surface area contributed by atoms with E-state index in [1.165, 1.54) is 16.7 Å². The van der Waals surface area contributed by atoms with Gasteiger partial charge in [-0.25, -0.2) is 8.42 Å². The zero-order chi connectivity index (χ0) is 12.9. The molecule has 2 aromatic rings. The number of aromatic nitrogens is 1. The van der Waals surface area contributed by atoms with E-state index in [-0.39, 0.29) is 15.5 Å². The van der Waals surface area contributed by atoms with Crippen LogP contribution in [-0.4, -0.2) is 18.9 Å². The molecule has 0 radical (unpaired) electrons. The number of anilines is 1. The number of sulfone groups is 1. The molecule has 5 nitrogen and oxygen atoms in total. The van der Waals surface area contributed by atoms with Crippen LogP contribution in [-0.2, 0) is 16.9 Å². The summed E-state index contributed by atoms with van der Waals surface area (Å²) in [5, 5.41) is 2.65. The number of hydrogen-bond donors (Lipinski definition) is 1. The lowest BCUT2D eigenvalue weighted by Crippen LogP contribution is -2.11. The summed E-state index contributed by atoms with van der Waals surface area (Å²) < 4.78 is 26.5. The van der Waals surface area contributed by atoms with Crippen molar-refractivity contribution in [1.29, 1.82) is 0 Å². The third-order valence-corrected chi connectivity index (χ3v) is 4.89. The number of carbonyl (C=O) groups excluding carboxylic acids is 1. The van der Waals surface area contributed by atoms with Crippen LogP contribution >= 0.6 is 0 Å². The molecule has 1 aromatic carbocycles. The zero-order valence-electron chi connectivity index (χ0n) is 9.54. The molecule has 0 atom stereocenters. The summed E-state index contributed by atoms with van der Waals surface area (Å²) in [5.74, 6) is -0.404. The van der Waals surface area contributed by atoms with Crippen molar-refractivity contribution in [3.05, 3.63) is 42.1 Å². The van der Waals surface area contributed by atoms with Crippen LogP contribution in [0.5, 0.6) is 0 Å². The van der Waals surface area contributed by atoms with Crippen molar-refractivity contribution >= 4 is 21.4 Å². The molecule has 0 bridgehead atoms. The number of nitrogens with one attached hydrogen (secondary N) is 1. The first kappa shape index (κ1) is 11.0. The molecule has 0 unspecified atom stereocenters. The van der Waals surface area contributed by atoms with Crippen LogP contribution in [0.4, 0.5) is 5.69 Å². The van der Waals surface area contributed by atoms with Gasteiger partial charge in [0, 0.05) is 13.2 Å². The maximum Gasteiger partial charge on any atom is 0.258 e. The quantitative estimate of drug-likeness (QED) is 0.780. The highest BCUT2D eigenvalue weighted by atomic mass is 32.2. The smallest absolute Gasteiger partial charge is 0.258 e. The Morgan fingerprint density at radius 1 is 1.17 bits per heavy atom. The Labute approximate surface area is 104 Å². The summed E-state index contributed by atoms with van der Waals surface area (Å²) in [6.45, 7) is 0. The van der Waals surface area contributed by atoms with Gasteiger partial charge in [0.25, 0.3) is 5.91 Å². The van der Waals surface area contributed by atoms with Gasteiger partial charge >= 0.3 is 0 Å². The van der Waals surface area contributed by atoms with Crippen molar-refractivity contribution in [1.82, 2.24) is 4.57 Å². The first-order valence-corrected chi connectivity index (χ1v) is 6.81. The zero-order valence-corrected chi connectivity index (χ0v) is 10.4. The first-order chi connectivity index (χ1) is 8.51. The normalized spacial score (nSPS) is 16.4. The third kappa shape index (κ3) is 1.32. The van der Waals surface area contributed by atoms with Crippen molar-refractivity contribution in [2.24, 2.45) is 7.05 Å². The summed E-state index contributed by atoms with van der Waals surface area (Å²) >= 11 is 0. The van der Waals surface area contributed by atoms with Crippen molar-refractivity contribution < 1.29 is 13.2 Å². The Morgan fingerprint density at radius 3 is 2.67 bits per heavy atom. The van der Waals surface area contributed by atoms with Gasteiger partial charge in [0.05, 0.1) is 16.1 Å². The van der Waals surface area contributed by atoms with Gasteiger partial charge in [0.15, 0.2) is 5.03 Å². The number of hydrogen-bond acceptors (Lipinski definition) is 3. The Hall–Kier alpha value is -2.08. The van der Waals surface area contributed by atoms with Crippen molar-refractivity contribution in [3.8, 4) is 0 Å². The summed E-state index contributed by atoms with van der Waals surface area (Å²) in [5.41, 5.74) is 0.493. The second kappa shape index (κ2) is 3.46. The van der Waals surface area contributed by atoms with Gasteiger partial charge in [-0.2, -0.15) is 0 Å².